The average molecular weight is 373 g/mol. The largest absolute Gasteiger partial charge is 0.497 e. The molecular weight excluding hydrogens is 346 g/mol. The predicted molar refractivity (Wildman–Crippen MR) is 103 cm³/mol. The molecule has 0 aromatic heterocycles. The number of carboxylic acid groups (broad SMARTS) is 1. The van der Waals surface area contributed by atoms with Gasteiger partial charge in [-0.2, -0.15) is 0 Å². The molecule has 0 spiro atoms. The molecule has 0 heterocycles. The molecule has 6 heteroatoms. The molecule has 0 saturated heterocycles. The van der Waals surface area contributed by atoms with Crippen molar-refractivity contribution in [1.29, 1.82) is 0 Å². The van der Waals surface area contributed by atoms with Gasteiger partial charge in [-0.3, -0.25) is 4.79 Å². The average Bonchev–Trinajstić information content (AvgIpc) is 2.68. The summed E-state index contributed by atoms with van der Waals surface area (Å²) in [5, 5.41) is 19.9. The molecule has 0 aliphatic carbocycles. The van der Waals surface area contributed by atoms with Crippen molar-refractivity contribution in [3.8, 4) is 11.5 Å². The van der Waals surface area contributed by atoms with Gasteiger partial charge in [-0.25, -0.2) is 0 Å². The second-order valence-corrected chi connectivity index (χ2v) is 6.61. The van der Waals surface area contributed by atoms with Gasteiger partial charge in [-0.15, -0.1) is 0 Å². The van der Waals surface area contributed by atoms with E-state index in [9.17, 15) is 15.0 Å². The summed E-state index contributed by atoms with van der Waals surface area (Å²) < 4.78 is 10.2. The molecule has 0 aliphatic heterocycles. The molecule has 3 atom stereocenters. The summed E-state index contributed by atoms with van der Waals surface area (Å²) in [5.41, 5.74) is 7.95. The zero-order valence-electron chi connectivity index (χ0n) is 15.7. The Morgan fingerprint density at radius 1 is 0.926 bits per heavy atom. The number of aliphatic hydroxyl groups excluding tert-OH is 1. The van der Waals surface area contributed by atoms with Gasteiger partial charge in [0, 0.05) is 6.04 Å². The van der Waals surface area contributed by atoms with Crippen molar-refractivity contribution in [2.24, 2.45) is 11.7 Å². The highest BCUT2D eigenvalue weighted by Gasteiger charge is 2.25. The lowest BCUT2D eigenvalue weighted by Gasteiger charge is -2.22. The quantitative estimate of drug-likeness (QED) is 0.590. The zero-order valence-corrected chi connectivity index (χ0v) is 15.7. The number of hydrogen-bond acceptors (Lipinski definition) is 5. The minimum Gasteiger partial charge on any atom is -0.497 e. The van der Waals surface area contributed by atoms with E-state index in [4.69, 9.17) is 15.2 Å². The number of hydrogen-bond donors (Lipinski definition) is 3. The van der Waals surface area contributed by atoms with Crippen LogP contribution in [0.3, 0.4) is 0 Å². The number of aliphatic hydroxyl groups is 1. The topological polar surface area (TPSA) is 102 Å². The van der Waals surface area contributed by atoms with Gasteiger partial charge in [0.1, 0.15) is 11.5 Å². The number of nitrogens with two attached hydrogens (primary N) is 1. The Balaban J connectivity index is 1.95. The van der Waals surface area contributed by atoms with Gasteiger partial charge in [0.25, 0.3) is 0 Å². The van der Waals surface area contributed by atoms with E-state index < -0.39 is 24.0 Å². The Hall–Kier alpha value is -2.57. The van der Waals surface area contributed by atoms with E-state index in [1.807, 2.05) is 36.4 Å². The van der Waals surface area contributed by atoms with Crippen molar-refractivity contribution >= 4 is 5.97 Å². The Morgan fingerprint density at radius 2 is 1.37 bits per heavy atom. The minimum absolute atomic E-state index is 0.0959. The molecule has 0 fully saturated rings. The zero-order chi connectivity index (χ0) is 19.8. The fourth-order valence-corrected chi connectivity index (χ4v) is 2.95. The van der Waals surface area contributed by atoms with Crippen molar-refractivity contribution in [1.82, 2.24) is 0 Å². The second-order valence-electron chi connectivity index (χ2n) is 6.61. The maximum atomic E-state index is 11.6. The monoisotopic (exact) mass is 373 g/mol. The molecule has 0 aliphatic rings. The van der Waals surface area contributed by atoms with Crippen LogP contribution in [0.2, 0.25) is 0 Å². The molecule has 6 nitrogen and oxygen atoms in total. The van der Waals surface area contributed by atoms with E-state index in [2.05, 4.69) is 0 Å². The van der Waals surface area contributed by atoms with Crippen LogP contribution in [0.15, 0.2) is 48.5 Å². The lowest BCUT2D eigenvalue weighted by Crippen LogP contribution is -2.39. The maximum absolute atomic E-state index is 11.6. The summed E-state index contributed by atoms with van der Waals surface area (Å²) in [5.74, 6) is -0.192. The Kier molecular flexibility index (Phi) is 7.64. The first-order chi connectivity index (χ1) is 12.9. The first-order valence-corrected chi connectivity index (χ1v) is 8.85. The molecule has 146 valence electrons. The molecule has 2 rings (SSSR count). The van der Waals surface area contributed by atoms with Gasteiger partial charge in [0.05, 0.1) is 26.2 Å². The molecule has 3 unspecified atom stereocenters. The molecule has 2 aromatic rings. The summed E-state index contributed by atoms with van der Waals surface area (Å²) >= 11 is 0. The summed E-state index contributed by atoms with van der Waals surface area (Å²) in [6.45, 7) is 0. The highest BCUT2D eigenvalue weighted by atomic mass is 16.5. The van der Waals surface area contributed by atoms with E-state index in [1.54, 1.807) is 26.4 Å². The van der Waals surface area contributed by atoms with Crippen LogP contribution in [0, 0.1) is 5.92 Å². The van der Waals surface area contributed by atoms with Crippen LogP contribution >= 0.6 is 0 Å². The lowest BCUT2D eigenvalue weighted by atomic mass is 9.90. The fraction of sp³-hybridized carbons (Fsp3) is 0.381. The van der Waals surface area contributed by atoms with Crippen molar-refractivity contribution in [3.05, 3.63) is 59.7 Å². The van der Waals surface area contributed by atoms with Crippen molar-refractivity contribution in [2.75, 3.05) is 14.2 Å². The van der Waals surface area contributed by atoms with Crippen LogP contribution in [-0.2, 0) is 17.6 Å². The van der Waals surface area contributed by atoms with Crippen molar-refractivity contribution in [3.63, 3.8) is 0 Å². The Labute approximate surface area is 159 Å². The summed E-state index contributed by atoms with van der Waals surface area (Å²) in [6, 6.07) is 14.1. The molecular formula is C21H27NO5. The highest BCUT2D eigenvalue weighted by Crippen LogP contribution is 2.20. The predicted octanol–water partition coefficient (Wildman–Crippen LogP) is 2.27. The third-order valence-corrected chi connectivity index (χ3v) is 4.64. The highest BCUT2D eigenvalue weighted by molar-refractivity contribution is 5.70. The molecule has 0 bridgehead atoms. The van der Waals surface area contributed by atoms with Crippen LogP contribution in [0.5, 0.6) is 11.5 Å². The van der Waals surface area contributed by atoms with Crippen LogP contribution in [0.25, 0.3) is 0 Å². The van der Waals surface area contributed by atoms with Gasteiger partial charge in [-0.05, 0) is 54.7 Å². The minimum atomic E-state index is -0.943. The molecule has 2 aromatic carbocycles. The number of aliphatic carboxylic acids is 1. The van der Waals surface area contributed by atoms with Crippen LogP contribution in [0.4, 0.5) is 0 Å². The first-order valence-electron chi connectivity index (χ1n) is 8.85. The van der Waals surface area contributed by atoms with E-state index >= 15 is 0 Å². The van der Waals surface area contributed by atoms with Gasteiger partial charge >= 0.3 is 5.97 Å². The van der Waals surface area contributed by atoms with Crippen molar-refractivity contribution in [2.45, 2.75) is 31.4 Å². The number of methoxy groups -OCH3 is 2. The van der Waals surface area contributed by atoms with Crippen molar-refractivity contribution < 1.29 is 24.5 Å². The third kappa shape index (κ3) is 6.27. The molecule has 0 amide bonds. The maximum Gasteiger partial charge on any atom is 0.306 e. The summed E-state index contributed by atoms with van der Waals surface area (Å²) in [7, 11) is 3.18. The number of benzene rings is 2. The first kappa shape index (κ1) is 20.7. The molecule has 27 heavy (non-hydrogen) atoms. The molecule has 4 N–H and O–H groups in total. The molecule has 0 radical (unpaired) electrons. The lowest BCUT2D eigenvalue weighted by molar-refractivity contribution is -0.142. The molecule has 0 saturated carbocycles. The van der Waals surface area contributed by atoms with E-state index in [0.29, 0.717) is 18.6 Å². The van der Waals surface area contributed by atoms with E-state index in [0.717, 1.165) is 16.9 Å². The van der Waals surface area contributed by atoms with Gasteiger partial charge in [0.15, 0.2) is 0 Å². The SMILES string of the molecule is COc1ccc(CC(CC(O)C(N)Cc2ccc(OC)cc2)C(=O)O)cc1. The summed E-state index contributed by atoms with van der Waals surface area (Å²) in [4.78, 5) is 11.6. The second kappa shape index (κ2) is 9.94. The number of ether oxygens (including phenoxy) is 2. The van der Waals surface area contributed by atoms with E-state index in [-0.39, 0.29) is 6.42 Å². The van der Waals surface area contributed by atoms with Gasteiger partial charge < -0.3 is 25.4 Å². The normalized spacial score (nSPS) is 14.2. The van der Waals surface area contributed by atoms with Crippen LogP contribution in [-0.4, -0.2) is 42.5 Å². The fourth-order valence-electron chi connectivity index (χ4n) is 2.95. The third-order valence-electron chi connectivity index (χ3n) is 4.64. The van der Waals surface area contributed by atoms with Gasteiger partial charge in [0.2, 0.25) is 0 Å². The van der Waals surface area contributed by atoms with Crippen LogP contribution < -0.4 is 15.2 Å². The smallest absolute Gasteiger partial charge is 0.306 e. The Morgan fingerprint density at radius 3 is 1.78 bits per heavy atom. The number of carboxylic acids is 1. The summed E-state index contributed by atoms with van der Waals surface area (Å²) in [6.07, 6.45) is -0.0314. The van der Waals surface area contributed by atoms with Gasteiger partial charge in [-0.1, -0.05) is 24.3 Å². The van der Waals surface area contributed by atoms with Crippen LogP contribution in [0.1, 0.15) is 17.5 Å². The standard InChI is InChI=1S/C21H27NO5/c1-26-17-7-3-14(4-8-17)11-16(21(24)25)13-20(23)19(22)12-15-5-9-18(27-2)10-6-15/h3-10,16,19-20,23H,11-13,22H2,1-2H3,(H,24,25). The Bertz CT molecular complexity index is 714. The number of carbonyl (C=O) groups is 1. The van der Waals surface area contributed by atoms with E-state index in [1.165, 1.54) is 0 Å². The number of rotatable bonds is 10.